The number of fused-ring (bicyclic) bond motifs is 1. The molecule has 0 aliphatic rings. The highest BCUT2D eigenvalue weighted by Gasteiger charge is 2.16. The molecule has 1 N–H and O–H groups in total. The number of hydrogen-bond donors (Lipinski definition) is 1. The van der Waals surface area contributed by atoms with Gasteiger partial charge in [-0.05, 0) is 44.2 Å². The van der Waals surface area contributed by atoms with E-state index in [1.54, 1.807) is 11.6 Å². The van der Waals surface area contributed by atoms with E-state index in [4.69, 9.17) is 4.74 Å². The van der Waals surface area contributed by atoms with Gasteiger partial charge in [-0.25, -0.2) is 0 Å². The second kappa shape index (κ2) is 7.63. The standard InChI is InChI=1S/C21H21N5O2S/c1-5-18-23-24-21-26(18)25-20(29-21)14-6-7-17(28-4)16(11-14)22-19(27)15-9-12(2)8-13(3)10-15/h6-11H,5H2,1-4H3,(H,22,27). The summed E-state index contributed by atoms with van der Waals surface area (Å²) in [4.78, 5) is 13.6. The first-order valence-corrected chi connectivity index (χ1v) is 10.1. The monoisotopic (exact) mass is 407 g/mol. The summed E-state index contributed by atoms with van der Waals surface area (Å²) in [6.45, 7) is 5.97. The Morgan fingerprint density at radius 3 is 2.59 bits per heavy atom. The maximum atomic E-state index is 12.8. The summed E-state index contributed by atoms with van der Waals surface area (Å²) in [5.74, 6) is 1.22. The van der Waals surface area contributed by atoms with E-state index in [0.717, 1.165) is 38.9 Å². The predicted molar refractivity (Wildman–Crippen MR) is 114 cm³/mol. The molecule has 0 unspecified atom stereocenters. The van der Waals surface area contributed by atoms with Gasteiger partial charge in [0.1, 0.15) is 10.8 Å². The Kier molecular flexibility index (Phi) is 5.02. The second-order valence-electron chi connectivity index (χ2n) is 6.82. The lowest BCUT2D eigenvalue weighted by Gasteiger charge is -2.12. The molecule has 0 saturated carbocycles. The van der Waals surface area contributed by atoms with Crippen LogP contribution in [0.4, 0.5) is 5.69 Å². The summed E-state index contributed by atoms with van der Waals surface area (Å²) in [5.41, 5.74) is 4.17. The molecule has 4 rings (SSSR count). The largest absolute Gasteiger partial charge is 0.495 e. The first kappa shape index (κ1) is 19.1. The third-order valence-corrected chi connectivity index (χ3v) is 5.50. The summed E-state index contributed by atoms with van der Waals surface area (Å²) in [6, 6.07) is 11.4. The topological polar surface area (TPSA) is 81.4 Å². The zero-order chi connectivity index (χ0) is 20.5. The number of carbonyl (C=O) groups is 1. The van der Waals surface area contributed by atoms with Crippen LogP contribution < -0.4 is 10.1 Å². The van der Waals surface area contributed by atoms with Crippen molar-refractivity contribution in [3.8, 4) is 16.3 Å². The number of ether oxygens (including phenoxy) is 1. The molecule has 0 radical (unpaired) electrons. The Balaban J connectivity index is 1.69. The molecule has 0 aliphatic heterocycles. The van der Waals surface area contributed by atoms with Gasteiger partial charge in [0.25, 0.3) is 5.91 Å². The molecule has 0 atom stereocenters. The maximum absolute atomic E-state index is 12.8. The highest BCUT2D eigenvalue weighted by atomic mass is 32.1. The Bertz CT molecular complexity index is 1190. The van der Waals surface area contributed by atoms with Crippen molar-refractivity contribution < 1.29 is 9.53 Å². The number of rotatable bonds is 5. The molecule has 2 heterocycles. The molecule has 4 aromatic rings. The number of hydrogen-bond acceptors (Lipinski definition) is 6. The van der Waals surface area contributed by atoms with Crippen LogP contribution in [0.1, 0.15) is 34.2 Å². The Morgan fingerprint density at radius 2 is 1.90 bits per heavy atom. The molecule has 0 aliphatic carbocycles. The summed E-state index contributed by atoms with van der Waals surface area (Å²) in [5, 5.41) is 16.7. The van der Waals surface area contributed by atoms with Crippen LogP contribution in [0.25, 0.3) is 15.5 Å². The quantitative estimate of drug-likeness (QED) is 0.534. The van der Waals surface area contributed by atoms with Gasteiger partial charge in [0.15, 0.2) is 5.82 Å². The molecule has 2 aromatic heterocycles. The van der Waals surface area contributed by atoms with Crippen molar-refractivity contribution in [3.63, 3.8) is 0 Å². The van der Waals surface area contributed by atoms with Crippen LogP contribution in [-0.4, -0.2) is 32.8 Å². The summed E-state index contributed by atoms with van der Waals surface area (Å²) in [6.07, 6.45) is 0.754. The smallest absolute Gasteiger partial charge is 0.255 e. The number of nitrogens with one attached hydrogen (secondary N) is 1. The second-order valence-corrected chi connectivity index (χ2v) is 7.77. The van der Waals surface area contributed by atoms with Crippen molar-refractivity contribution in [2.45, 2.75) is 27.2 Å². The van der Waals surface area contributed by atoms with Crippen LogP contribution in [0, 0.1) is 13.8 Å². The van der Waals surface area contributed by atoms with E-state index < -0.39 is 0 Å². The SMILES string of the molecule is CCc1nnc2sc(-c3ccc(OC)c(NC(=O)c4cc(C)cc(C)c4)c3)nn12. The lowest BCUT2D eigenvalue weighted by molar-refractivity contribution is 0.102. The molecular formula is C21H21N5O2S. The third kappa shape index (κ3) is 3.71. The zero-order valence-corrected chi connectivity index (χ0v) is 17.5. The van der Waals surface area contributed by atoms with Crippen LogP contribution in [-0.2, 0) is 6.42 Å². The number of aryl methyl sites for hydroxylation is 3. The molecule has 2 aromatic carbocycles. The molecule has 148 valence electrons. The number of methoxy groups -OCH3 is 1. The van der Waals surface area contributed by atoms with Crippen LogP contribution in [0.5, 0.6) is 5.75 Å². The predicted octanol–water partition coefficient (Wildman–Crippen LogP) is 4.29. The van der Waals surface area contributed by atoms with Crippen LogP contribution in [0.15, 0.2) is 36.4 Å². The van der Waals surface area contributed by atoms with Gasteiger partial charge in [0, 0.05) is 17.5 Å². The van der Waals surface area contributed by atoms with Gasteiger partial charge in [-0.3, -0.25) is 4.79 Å². The van der Waals surface area contributed by atoms with Crippen LogP contribution in [0.2, 0.25) is 0 Å². The molecular weight excluding hydrogens is 386 g/mol. The fourth-order valence-electron chi connectivity index (χ4n) is 3.23. The van der Waals surface area contributed by atoms with Crippen molar-refractivity contribution >= 4 is 27.9 Å². The van der Waals surface area contributed by atoms with Crippen molar-refractivity contribution in [1.82, 2.24) is 19.8 Å². The number of amides is 1. The minimum atomic E-state index is -0.182. The van der Waals surface area contributed by atoms with Crippen molar-refractivity contribution in [2.75, 3.05) is 12.4 Å². The summed E-state index contributed by atoms with van der Waals surface area (Å²) in [7, 11) is 1.58. The third-order valence-electron chi connectivity index (χ3n) is 4.55. The number of benzene rings is 2. The summed E-state index contributed by atoms with van der Waals surface area (Å²) >= 11 is 1.45. The fourth-order valence-corrected chi connectivity index (χ4v) is 4.09. The normalized spacial score (nSPS) is 11.0. The minimum absolute atomic E-state index is 0.182. The maximum Gasteiger partial charge on any atom is 0.255 e. The molecule has 0 fully saturated rings. The molecule has 0 bridgehead atoms. The number of anilines is 1. The summed E-state index contributed by atoms with van der Waals surface area (Å²) < 4.78 is 7.20. The van der Waals surface area contributed by atoms with Gasteiger partial charge in [-0.1, -0.05) is 35.5 Å². The van der Waals surface area contributed by atoms with Gasteiger partial charge >= 0.3 is 0 Å². The average Bonchev–Trinajstić information content (AvgIpc) is 3.27. The van der Waals surface area contributed by atoms with Gasteiger partial charge in [0.2, 0.25) is 4.96 Å². The molecule has 0 spiro atoms. The van der Waals surface area contributed by atoms with Crippen LogP contribution in [0.3, 0.4) is 0 Å². The average molecular weight is 407 g/mol. The first-order chi connectivity index (χ1) is 14.0. The van der Waals surface area contributed by atoms with E-state index in [0.29, 0.717) is 17.0 Å². The minimum Gasteiger partial charge on any atom is -0.495 e. The van der Waals surface area contributed by atoms with Gasteiger partial charge < -0.3 is 10.1 Å². The molecule has 7 nitrogen and oxygen atoms in total. The van der Waals surface area contributed by atoms with E-state index in [2.05, 4.69) is 20.6 Å². The number of aromatic nitrogens is 4. The van der Waals surface area contributed by atoms with E-state index >= 15 is 0 Å². The van der Waals surface area contributed by atoms with E-state index in [1.807, 2.05) is 57.2 Å². The first-order valence-electron chi connectivity index (χ1n) is 9.27. The van der Waals surface area contributed by atoms with Gasteiger partial charge in [-0.2, -0.15) is 9.61 Å². The number of carbonyl (C=O) groups excluding carboxylic acids is 1. The van der Waals surface area contributed by atoms with Gasteiger partial charge in [0.05, 0.1) is 12.8 Å². The van der Waals surface area contributed by atoms with Crippen molar-refractivity contribution in [3.05, 3.63) is 58.9 Å². The number of nitrogens with zero attached hydrogens (tertiary/aromatic N) is 4. The highest BCUT2D eigenvalue weighted by Crippen LogP contribution is 2.33. The van der Waals surface area contributed by atoms with Gasteiger partial charge in [-0.15, -0.1) is 10.2 Å². The van der Waals surface area contributed by atoms with Crippen molar-refractivity contribution in [1.29, 1.82) is 0 Å². The van der Waals surface area contributed by atoms with E-state index in [9.17, 15) is 4.79 Å². The lowest BCUT2D eigenvalue weighted by Crippen LogP contribution is -2.13. The van der Waals surface area contributed by atoms with Crippen LogP contribution >= 0.6 is 11.3 Å². The molecule has 0 saturated heterocycles. The Labute approximate surface area is 172 Å². The molecule has 29 heavy (non-hydrogen) atoms. The van der Waals surface area contributed by atoms with Crippen molar-refractivity contribution in [2.24, 2.45) is 0 Å². The Hall–Kier alpha value is -3.26. The van der Waals surface area contributed by atoms with E-state index in [-0.39, 0.29) is 5.91 Å². The highest BCUT2D eigenvalue weighted by molar-refractivity contribution is 7.19. The zero-order valence-electron chi connectivity index (χ0n) is 16.7. The lowest BCUT2D eigenvalue weighted by atomic mass is 10.1. The fraction of sp³-hybridized carbons (Fsp3) is 0.238. The van der Waals surface area contributed by atoms with E-state index in [1.165, 1.54) is 11.3 Å². The molecule has 1 amide bonds. The Morgan fingerprint density at radius 1 is 1.14 bits per heavy atom. The molecule has 8 heteroatoms.